The van der Waals surface area contributed by atoms with Crippen LogP contribution < -0.4 is 0 Å². The predicted octanol–water partition coefficient (Wildman–Crippen LogP) is 2.53. The van der Waals surface area contributed by atoms with Gasteiger partial charge in [-0.3, -0.25) is 9.48 Å². The Labute approximate surface area is 125 Å². The molecule has 1 aromatic heterocycles. The zero-order valence-corrected chi connectivity index (χ0v) is 12.4. The predicted molar refractivity (Wildman–Crippen MR) is 81.3 cm³/mol. The molecule has 1 aromatic rings. The third-order valence-corrected chi connectivity index (χ3v) is 5.16. The van der Waals surface area contributed by atoms with E-state index in [1.807, 2.05) is 17.9 Å². The first kappa shape index (κ1) is 12.9. The second kappa shape index (κ2) is 4.86. The van der Waals surface area contributed by atoms with Gasteiger partial charge in [-0.15, -0.1) is 0 Å². The first-order valence-electron chi connectivity index (χ1n) is 7.90. The minimum atomic E-state index is 0.194. The van der Waals surface area contributed by atoms with E-state index < -0.39 is 0 Å². The van der Waals surface area contributed by atoms with Crippen LogP contribution in [0.3, 0.4) is 0 Å². The highest BCUT2D eigenvalue weighted by Gasteiger charge is 2.42. The van der Waals surface area contributed by atoms with E-state index in [4.69, 9.17) is 0 Å². The molecule has 2 unspecified atom stereocenters. The summed E-state index contributed by atoms with van der Waals surface area (Å²) in [5.41, 5.74) is 2.55. The molecule has 1 aliphatic carbocycles. The van der Waals surface area contributed by atoms with Gasteiger partial charge in [0.2, 0.25) is 5.91 Å². The third-order valence-electron chi connectivity index (χ3n) is 5.16. The summed E-state index contributed by atoms with van der Waals surface area (Å²) in [5.74, 6) is 0.563. The van der Waals surface area contributed by atoms with Crippen molar-refractivity contribution in [2.24, 2.45) is 13.0 Å². The van der Waals surface area contributed by atoms with Gasteiger partial charge < -0.3 is 4.90 Å². The van der Waals surface area contributed by atoms with Gasteiger partial charge in [0.05, 0.1) is 11.7 Å². The zero-order valence-electron chi connectivity index (χ0n) is 12.4. The maximum atomic E-state index is 12.8. The first-order chi connectivity index (χ1) is 10.2. The molecule has 0 radical (unpaired) electrons. The second-order valence-electron chi connectivity index (χ2n) is 6.42. The highest BCUT2D eigenvalue weighted by atomic mass is 16.2. The molecule has 2 aliphatic heterocycles. The summed E-state index contributed by atoms with van der Waals surface area (Å²) in [4.78, 5) is 14.9. The Balaban J connectivity index is 1.59. The summed E-state index contributed by atoms with van der Waals surface area (Å²) in [6, 6.07) is 2.75. The summed E-state index contributed by atoms with van der Waals surface area (Å²) < 4.78 is 1.93. The van der Waals surface area contributed by atoms with Gasteiger partial charge in [0, 0.05) is 25.2 Å². The molecule has 110 valence electrons. The van der Waals surface area contributed by atoms with E-state index in [1.165, 1.54) is 11.3 Å². The molecule has 1 amide bonds. The minimum absolute atomic E-state index is 0.194. The molecule has 4 heteroatoms. The van der Waals surface area contributed by atoms with Gasteiger partial charge in [-0.2, -0.15) is 5.10 Å². The standard InChI is InChI=1S/C17H21N3O/c1-19-16(8-9-18-19)13-10-14-6-7-15(11-13)20(14)17(21)12-4-2-3-5-12/h2-3,8-10,12,14-15H,4-7,11H2,1H3. The van der Waals surface area contributed by atoms with Crippen molar-refractivity contribution < 1.29 is 4.79 Å². The third kappa shape index (κ3) is 2.04. The van der Waals surface area contributed by atoms with Crippen LogP contribution in [0.25, 0.3) is 5.57 Å². The monoisotopic (exact) mass is 283 g/mol. The Hall–Kier alpha value is -1.84. The van der Waals surface area contributed by atoms with Crippen molar-refractivity contribution >= 4 is 11.5 Å². The van der Waals surface area contributed by atoms with Crippen LogP contribution in [0.1, 0.15) is 37.8 Å². The Morgan fingerprint density at radius 2 is 2.10 bits per heavy atom. The molecular formula is C17H21N3O. The topological polar surface area (TPSA) is 38.1 Å². The lowest BCUT2D eigenvalue weighted by Crippen LogP contribution is -2.45. The number of carbonyl (C=O) groups is 1. The highest BCUT2D eigenvalue weighted by Crippen LogP contribution is 2.40. The fourth-order valence-electron chi connectivity index (χ4n) is 4.08. The average molecular weight is 283 g/mol. The number of hydrogen-bond donors (Lipinski definition) is 0. The normalized spacial score (nSPS) is 28.2. The lowest BCUT2D eigenvalue weighted by atomic mass is 9.96. The van der Waals surface area contributed by atoms with Crippen LogP contribution in [-0.2, 0) is 11.8 Å². The summed E-state index contributed by atoms with van der Waals surface area (Å²) in [5, 5.41) is 4.27. The number of aryl methyl sites for hydroxylation is 1. The van der Waals surface area contributed by atoms with Gasteiger partial charge in [-0.25, -0.2) is 0 Å². The van der Waals surface area contributed by atoms with E-state index >= 15 is 0 Å². The molecule has 2 bridgehead atoms. The number of carbonyl (C=O) groups excluding carboxylic acids is 1. The number of allylic oxidation sites excluding steroid dienone is 2. The molecule has 3 aliphatic rings. The largest absolute Gasteiger partial charge is 0.333 e. The molecule has 4 nitrogen and oxygen atoms in total. The maximum Gasteiger partial charge on any atom is 0.227 e. The molecule has 0 saturated carbocycles. The summed E-state index contributed by atoms with van der Waals surface area (Å²) >= 11 is 0. The Bertz CT molecular complexity index is 620. The van der Waals surface area contributed by atoms with Gasteiger partial charge in [-0.1, -0.05) is 18.2 Å². The average Bonchev–Trinajstić information content (AvgIpc) is 3.19. The molecule has 0 N–H and O–H groups in total. The number of hydrogen-bond acceptors (Lipinski definition) is 2. The van der Waals surface area contributed by atoms with E-state index in [1.54, 1.807) is 0 Å². The molecule has 0 aromatic carbocycles. The van der Waals surface area contributed by atoms with Crippen molar-refractivity contribution in [2.45, 2.75) is 44.2 Å². The minimum Gasteiger partial charge on any atom is -0.333 e. The summed E-state index contributed by atoms with van der Waals surface area (Å²) in [7, 11) is 1.99. The second-order valence-corrected chi connectivity index (χ2v) is 6.42. The van der Waals surface area contributed by atoms with E-state index in [-0.39, 0.29) is 5.92 Å². The van der Waals surface area contributed by atoms with Crippen molar-refractivity contribution in [2.75, 3.05) is 0 Å². The van der Waals surface area contributed by atoms with Crippen LogP contribution in [0.4, 0.5) is 0 Å². The quantitative estimate of drug-likeness (QED) is 0.782. The highest BCUT2D eigenvalue weighted by molar-refractivity contribution is 5.82. The number of rotatable bonds is 2. The van der Waals surface area contributed by atoms with Gasteiger partial charge in [0.1, 0.15) is 0 Å². The fraction of sp³-hybridized carbons (Fsp3) is 0.529. The SMILES string of the molecule is Cn1nccc1C1=CC2CCC(C1)N2C(=O)C1CC=CC1. The molecule has 4 rings (SSSR count). The van der Waals surface area contributed by atoms with Gasteiger partial charge in [-0.05, 0) is 43.7 Å². The maximum absolute atomic E-state index is 12.8. The van der Waals surface area contributed by atoms with Crippen LogP contribution in [0.5, 0.6) is 0 Å². The molecular weight excluding hydrogens is 262 g/mol. The van der Waals surface area contributed by atoms with Crippen LogP contribution in [0.2, 0.25) is 0 Å². The van der Waals surface area contributed by atoms with Gasteiger partial charge in [0.15, 0.2) is 0 Å². The Kier molecular flexibility index (Phi) is 2.98. The molecule has 1 fully saturated rings. The number of fused-ring (bicyclic) bond motifs is 2. The lowest BCUT2D eigenvalue weighted by molar-refractivity contribution is -0.137. The lowest BCUT2D eigenvalue weighted by Gasteiger charge is -2.35. The summed E-state index contributed by atoms with van der Waals surface area (Å²) in [6.07, 6.45) is 13.5. The fourth-order valence-corrected chi connectivity index (χ4v) is 4.08. The number of aromatic nitrogens is 2. The number of nitrogens with zero attached hydrogens (tertiary/aromatic N) is 3. The van der Waals surface area contributed by atoms with Crippen molar-refractivity contribution in [3.63, 3.8) is 0 Å². The van der Waals surface area contributed by atoms with Crippen molar-refractivity contribution in [3.05, 3.63) is 36.2 Å². The van der Waals surface area contributed by atoms with Gasteiger partial charge in [0.25, 0.3) is 0 Å². The molecule has 2 atom stereocenters. The van der Waals surface area contributed by atoms with E-state index in [9.17, 15) is 4.79 Å². The van der Waals surface area contributed by atoms with Crippen molar-refractivity contribution in [1.82, 2.24) is 14.7 Å². The Morgan fingerprint density at radius 1 is 1.29 bits per heavy atom. The van der Waals surface area contributed by atoms with E-state index in [0.29, 0.717) is 18.0 Å². The van der Waals surface area contributed by atoms with Crippen molar-refractivity contribution in [1.29, 1.82) is 0 Å². The molecule has 21 heavy (non-hydrogen) atoms. The smallest absolute Gasteiger partial charge is 0.227 e. The van der Waals surface area contributed by atoms with E-state index in [0.717, 1.165) is 32.1 Å². The van der Waals surface area contributed by atoms with Gasteiger partial charge >= 0.3 is 0 Å². The van der Waals surface area contributed by atoms with Crippen molar-refractivity contribution in [3.8, 4) is 0 Å². The summed E-state index contributed by atoms with van der Waals surface area (Å²) in [6.45, 7) is 0. The van der Waals surface area contributed by atoms with Crippen LogP contribution in [-0.4, -0.2) is 32.7 Å². The van der Waals surface area contributed by atoms with Crippen LogP contribution >= 0.6 is 0 Å². The Morgan fingerprint density at radius 3 is 2.76 bits per heavy atom. The number of amides is 1. The van der Waals surface area contributed by atoms with Crippen LogP contribution in [0.15, 0.2) is 30.5 Å². The van der Waals surface area contributed by atoms with E-state index in [2.05, 4.69) is 34.3 Å². The van der Waals surface area contributed by atoms with Crippen LogP contribution in [0, 0.1) is 5.92 Å². The first-order valence-corrected chi connectivity index (χ1v) is 7.90. The molecule has 1 saturated heterocycles. The molecule has 3 heterocycles. The zero-order chi connectivity index (χ0) is 14.4. The molecule has 0 spiro atoms.